The van der Waals surface area contributed by atoms with Gasteiger partial charge in [-0.05, 0) is 35.4 Å². The lowest BCUT2D eigenvalue weighted by atomic mass is 9.98. The molecule has 0 aromatic heterocycles. The second kappa shape index (κ2) is 7.70. The summed E-state index contributed by atoms with van der Waals surface area (Å²) in [5, 5.41) is 20.9. The average Bonchev–Trinajstić information content (AvgIpc) is 2.58. The number of ether oxygens (including phenoxy) is 3. The van der Waals surface area contributed by atoms with Crippen LogP contribution < -0.4 is 9.47 Å². The lowest BCUT2D eigenvalue weighted by Gasteiger charge is -2.18. The Balaban J connectivity index is 2.35. The number of esters is 1. The van der Waals surface area contributed by atoms with Crippen LogP contribution in [0.25, 0.3) is 0 Å². The highest BCUT2D eigenvalue weighted by atomic mass is 16.5. The van der Waals surface area contributed by atoms with Crippen molar-refractivity contribution in [1.29, 1.82) is 0 Å². The fraction of sp³-hybridized carbons (Fsp3) is 0.278. The smallest absolute Gasteiger partial charge is 0.302 e. The molecule has 0 bridgehead atoms. The molecule has 0 radical (unpaired) electrons. The van der Waals surface area contributed by atoms with Crippen molar-refractivity contribution in [2.75, 3.05) is 14.2 Å². The minimum atomic E-state index is -1.08. The van der Waals surface area contributed by atoms with Crippen molar-refractivity contribution < 1.29 is 29.2 Å². The van der Waals surface area contributed by atoms with Gasteiger partial charge in [-0.1, -0.05) is 12.1 Å². The molecule has 0 amide bonds. The highest BCUT2D eigenvalue weighted by Crippen LogP contribution is 2.38. The highest BCUT2D eigenvalue weighted by Gasteiger charge is 2.21. The summed E-state index contributed by atoms with van der Waals surface area (Å²) < 4.78 is 15.3. The monoisotopic (exact) mass is 332 g/mol. The van der Waals surface area contributed by atoms with E-state index in [2.05, 4.69) is 0 Å². The molecule has 0 aliphatic carbocycles. The molecule has 0 fully saturated rings. The number of phenols is 1. The first-order valence-electron chi connectivity index (χ1n) is 7.31. The summed E-state index contributed by atoms with van der Waals surface area (Å²) in [4.78, 5) is 10.9. The fourth-order valence-corrected chi connectivity index (χ4v) is 2.33. The van der Waals surface area contributed by atoms with Gasteiger partial charge < -0.3 is 24.4 Å². The van der Waals surface area contributed by atoms with Crippen molar-refractivity contribution in [3.63, 3.8) is 0 Å². The van der Waals surface area contributed by atoms with Crippen LogP contribution in [0.1, 0.15) is 29.7 Å². The Morgan fingerprint density at radius 3 is 2.33 bits per heavy atom. The van der Waals surface area contributed by atoms with Crippen molar-refractivity contribution in [2.24, 2.45) is 0 Å². The number of phenolic OH excluding ortho intramolecular Hbond substituents is 1. The van der Waals surface area contributed by atoms with Crippen LogP contribution >= 0.6 is 0 Å². The summed E-state index contributed by atoms with van der Waals surface area (Å²) in [6.45, 7) is 1.32. The third kappa shape index (κ3) is 3.97. The number of aliphatic hydroxyl groups excluding tert-OH is 1. The van der Waals surface area contributed by atoms with Gasteiger partial charge in [-0.3, -0.25) is 4.79 Å². The quantitative estimate of drug-likeness (QED) is 0.791. The lowest BCUT2D eigenvalue weighted by Crippen LogP contribution is -2.05. The standard InChI is InChI=1S/C18H20O6/c1-11(19)24-10-12-8-15(20)17(16(9-12)23-3)18(21)13-4-6-14(22-2)7-5-13/h4-9,18,20-21H,10H2,1-3H3. The summed E-state index contributed by atoms with van der Waals surface area (Å²) in [6, 6.07) is 9.90. The van der Waals surface area contributed by atoms with Crippen LogP contribution in [0.3, 0.4) is 0 Å². The van der Waals surface area contributed by atoms with E-state index in [0.717, 1.165) is 0 Å². The van der Waals surface area contributed by atoms with E-state index >= 15 is 0 Å². The number of carbonyl (C=O) groups is 1. The topological polar surface area (TPSA) is 85.2 Å². The van der Waals surface area contributed by atoms with Gasteiger partial charge in [-0.25, -0.2) is 0 Å². The van der Waals surface area contributed by atoms with Gasteiger partial charge in [0.05, 0.1) is 19.8 Å². The Morgan fingerprint density at radius 1 is 1.12 bits per heavy atom. The van der Waals surface area contributed by atoms with E-state index in [1.165, 1.54) is 20.1 Å². The number of hydrogen-bond acceptors (Lipinski definition) is 6. The van der Waals surface area contributed by atoms with Crippen LogP contribution in [-0.2, 0) is 16.1 Å². The minimum absolute atomic E-state index is 0.0121. The molecule has 0 aliphatic heterocycles. The summed E-state index contributed by atoms with van der Waals surface area (Å²) >= 11 is 0. The number of benzene rings is 2. The highest BCUT2D eigenvalue weighted by molar-refractivity contribution is 5.66. The third-order valence-electron chi connectivity index (χ3n) is 3.55. The molecular weight excluding hydrogens is 312 g/mol. The van der Waals surface area contributed by atoms with Crippen LogP contribution in [0, 0.1) is 0 Å². The zero-order valence-electron chi connectivity index (χ0n) is 13.8. The van der Waals surface area contributed by atoms with Gasteiger partial charge in [0.1, 0.15) is 30.0 Å². The summed E-state index contributed by atoms with van der Waals surface area (Å²) in [7, 11) is 3.00. The van der Waals surface area contributed by atoms with E-state index < -0.39 is 12.1 Å². The van der Waals surface area contributed by atoms with Crippen molar-refractivity contribution in [2.45, 2.75) is 19.6 Å². The molecule has 6 nitrogen and oxygen atoms in total. The summed E-state index contributed by atoms with van der Waals surface area (Å²) in [5.74, 6) is 0.412. The molecule has 2 aromatic rings. The second-order valence-corrected chi connectivity index (χ2v) is 5.19. The second-order valence-electron chi connectivity index (χ2n) is 5.19. The first-order chi connectivity index (χ1) is 11.5. The van der Waals surface area contributed by atoms with Crippen LogP contribution in [0.5, 0.6) is 17.2 Å². The molecule has 0 aliphatic rings. The molecule has 0 heterocycles. The molecule has 0 saturated heterocycles. The number of aromatic hydroxyl groups is 1. The average molecular weight is 332 g/mol. The van der Waals surface area contributed by atoms with Crippen LogP contribution in [0.4, 0.5) is 0 Å². The largest absolute Gasteiger partial charge is 0.507 e. The zero-order chi connectivity index (χ0) is 17.7. The number of rotatable bonds is 6. The molecule has 2 N–H and O–H groups in total. The van der Waals surface area contributed by atoms with E-state index in [1.54, 1.807) is 37.4 Å². The Kier molecular flexibility index (Phi) is 5.65. The van der Waals surface area contributed by atoms with Gasteiger partial charge in [0, 0.05) is 6.92 Å². The number of carbonyl (C=O) groups excluding carboxylic acids is 1. The van der Waals surface area contributed by atoms with Crippen molar-refractivity contribution in [1.82, 2.24) is 0 Å². The number of aliphatic hydroxyl groups is 1. The number of hydrogen-bond donors (Lipinski definition) is 2. The third-order valence-corrected chi connectivity index (χ3v) is 3.55. The minimum Gasteiger partial charge on any atom is -0.507 e. The predicted molar refractivity (Wildman–Crippen MR) is 87.2 cm³/mol. The first-order valence-corrected chi connectivity index (χ1v) is 7.31. The zero-order valence-corrected chi connectivity index (χ0v) is 13.8. The molecule has 1 atom stereocenters. The summed E-state index contributed by atoms with van der Waals surface area (Å²) in [6.07, 6.45) is -1.08. The molecule has 6 heteroatoms. The van der Waals surface area contributed by atoms with Crippen molar-refractivity contribution in [3.8, 4) is 17.2 Å². The fourth-order valence-electron chi connectivity index (χ4n) is 2.33. The molecule has 128 valence electrons. The SMILES string of the molecule is COc1ccc(C(O)c2c(O)cc(COC(C)=O)cc2OC)cc1. The van der Waals surface area contributed by atoms with Gasteiger partial charge in [0.25, 0.3) is 0 Å². The van der Waals surface area contributed by atoms with E-state index in [1.807, 2.05) is 0 Å². The molecule has 1 unspecified atom stereocenters. The summed E-state index contributed by atoms with van der Waals surface area (Å²) in [5.41, 5.74) is 1.39. The maximum absolute atomic E-state index is 10.9. The van der Waals surface area contributed by atoms with Crippen LogP contribution in [0.15, 0.2) is 36.4 Å². The maximum atomic E-state index is 10.9. The van der Waals surface area contributed by atoms with Gasteiger partial charge in [-0.15, -0.1) is 0 Å². The van der Waals surface area contributed by atoms with Gasteiger partial charge in [0.2, 0.25) is 0 Å². The Labute approximate surface area is 140 Å². The molecule has 0 saturated carbocycles. The molecular formula is C18H20O6. The Morgan fingerprint density at radius 2 is 1.79 bits per heavy atom. The molecule has 0 spiro atoms. The molecule has 2 rings (SSSR count). The Bertz CT molecular complexity index is 708. The van der Waals surface area contributed by atoms with Crippen LogP contribution in [0.2, 0.25) is 0 Å². The van der Waals surface area contributed by atoms with E-state index in [4.69, 9.17) is 14.2 Å². The van der Waals surface area contributed by atoms with Gasteiger partial charge in [0.15, 0.2) is 0 Å². The molecule has 2 aromatic carbocycles. The predicted octanol–water partition coefficient (Wildman–Crippen LogP) is 2.55. The van der Waals surface area contributed by atoms with Crippen molar-refractivity contribution >= 4 is 5.97 Å². The molecule has 24 heavy (non-hydrogen) atoms. The maximum Gasteiger partial charge on any atom is 0.302 e. The van der Waals surface area contributed by atoms with E-state index in [-0.39, 0.29) is 17.9 Å². The lowest BCUT2D eigenvalue weighted by molar-refractivity contribution is -0.142. The van der Waals surface area contributed by atoms with Gasteiger partial charge >= 0.3 is 5.97 Å². The van der Waals surface area contributed by atoms with Crippen molar-refractivity contribution in [3.05, 3.63) is 53.1 Å². The van der Waals surface area contributed by atoms with E-state index in [9.17, 15) is 15.0 Å². The first kappa shape index (κ1) is 17.6. The normalized spacial score (nSPS) is 11.7. The number of methoxy groups -OCH3 is 2. The Hall–Kier alpha value is -2.73. The van der Waals surface area contributed by atoms with Crippen LogP contribution in [-0.4, -0.2) is 30.4 Å². The van der Waals surface area contributed by atoms with Gasteiger partial charge in [-0.2, -0.15) is 0 Å². The van der Waals surface area contributed by atoms with E-state index in [0.29, 0.717) is 22.6 Å².